The van der Waals surface area contributed by atoms with Gasteiger partial charge < -0.3 is 10.4 Å². The van der Waals surface area contributed by atoms with Crippen molar-refractivity contribution in [3.63, 3.8) is 0 Å². The number of benzene rings is 1. The number of nitriles is 1. The van der Waals surface area contributed by atoms with Crippen molar-refractivity contribution in [2.24, 2.45) is 5.41 Å². The highest BCUT2D eigenvalue weighted by Crippen LogP contribution is 2.26. The molecule has 0 bridgehead atoms. The zero-order valence-corrected chi connectivity index (χ0v) is 11.2. The van der Waals surface area contributed by atoms with Crippen LogP contribution in [0, 0.1) is 26.9 Å². The molecule has 0 aromatic heterocycles. The minimum Gasteiger partial charge on any atom is -0.391 e. The van der Waals surface area contributed by atoms with Gasteiger partial charge in [0.25, 0.3) is 5.69 Å². The highest BCUT2D eigenvalue weighted by Gasteiger charge is 2.23. The molecular formula is C13H17N3O3. The maximum absolute atomic E-state index is 10.9. The molecule has 0 unspecified atom stereocenters. The lowest BCUT2D eigenvalue weighted by Gasteiger charge is -2.26. The Hall–Kier alpha value is -2.13. The van der Waals surface area contributed by atoms with E-state index in [2.05, 4.69) is 5.32 Å². The summed E-state index contributed by atoms with van der Waals surface area (Å²) in [6.45, 7) is 5.85. The van der Waals surface area contributed by atoms with E-state index in [1.54, 1.807) is 0 Å². The summed E-state index contributed by atoms with van der Waals surface area (Å²) in [5, 5.41) is 32.4. The minimum absolute atomic E-state index is 0.167. The summed E-state index contributed by atoms with van der Waals surface area (Å²) < 4.78 is 0. The molecule has 1 aromatic rings. The first-order valence-corrected chi connectivity index (χ1v) is 5.86. The van der Waals surface area contributed by atoms with Gasteiger partial charge in [-0.15, -0.1) is 0 Å². The summed E-state index contributed by atoms with van der Waals surface area (Å²) in [6.07, 6.45) is -0.636. The average molecular weight is 263 g/mol. The quantitative estimate of drug-likeness (QED) is 0.641. The van der Waals surface area contributed by atoms with E-state index < -0.39 is 11.0 Å². The normalized spacial score (nSPS) is 12.6. The molecule has 0 aliphatic heterocycles. The van der Waals surface area contributed by atoms with Crippen molar-refractivity contribution in [1.82, 2.24) is 0 Å². The Morgan fingerprint density at radius 2 is 2.16 bits per heavy atom. The predicted molar refractivity (Wildman–Crippen MR) is 71.8 cm³/mol. The van der Waals surface area contributed by atoms with Crippen molar-refractivity contribution >= 4 is 11.4 Å². The van der Waals surface area contributed by atoms with Crippen molar-refractivity contribution in [2.45, 2.75) is 26.9 Å². The zero-order valence-electron chi connectivity index (χ0n) is 11.2. The number of aliphatic hydroxyl groups is 1. The lowest BCUT2D eigenvalue weighted by Crippen LogP contribution is -2.32. The third-order valence-electron chi connectivity index (χ3n) is 2.81. The second kappa shape index (κ2) is 5.67. The zero-order chi connectivity index (χ0) is 14.6. The maximum atomic E-state index is 10.9. The van der Waals surface area contributed by atoms with Crippen molar-refractivity contribution in [2.75, 3.05) is 11.9 Å². The summed E-state index contributed by atoms with van der Waals surface area (Å²) in [6, 6.07) is 6.05. The van der Waals surface area contributed by atoms with Crippen LogP contribution in [-0.2, 0) is 0 Å². The molecule has 1 atom stereocenters. The SMILES string of the molecule is CC(C)(C)[C@H](O)CNc1ccc(C#N)cc1[N+](=O)[O-]. The monoisotopic (exact) mass is 263 g/mol. The molecular weight excluding hydrogens is 246 g/mol. The van der Waals surface area contributed by atoms with E-state index >= 15 is 0 Å². The van der Waals surface area contributed by atoms with E-state index in [1.807, 2.05) is 26.8 Å². The maximum Gasteiger partial charge on any atom is 0.293 e. The van der Waals surface area contributed by atoms with Crippen LogP contribution in [0.3, 0.4) is 0 Å². The van der Waals surface area contributed by atoms with E-state index in [4.69, 9.17) is 5.26 Å². The molecule has 19 heavy (non-hydrogen) atoms. The number of hydrogen-bond donors (Lipinski definition) is 2. The Bertz CT molecular complexity index is 515. The molecule has 0 saturated carbocycles. The highest BCUT2D eigenvalue weighted by atomic mass is 16.6. The number of hydrogen-bond acceptors (Lipinski definition) is 5. The average Bonchev–Trinajstić information content (AvgIpc) is 2.34. The molecule has 102 valence electrons. The van der Waals surface area contributed by atoms with E-state index in [9.17, 15) is 15.2 Å². The number of aliphatic hydroxyl groups excluding tert-OH is 1. The summed E-state index contributed by atoms with van der Waals surface area (Å²) in [4.78, 5) is 10.4. The fourth-order valence-corrected chi connectivity index (χ4v) is 1.41. The van der Waals surface area contributed by atoms with Crippen LogP contribution in [0.15, 0.2) is 18.2 Å². The van der Waals surface area contributed by atoms with E-state index in [0.29, 0.717) is 5.69 Å². The molecule has 0 fully saturated rings. The summed E-state index contributed by atoms with van der Waals surface area (Å²) in [5.41, 5.74) is 0.0510. The number of nitrogens with one attached hydrogen (secondary N) is 1. The van der Waals surface area contributed by atoms with Gasteiger partial charge in [0, 0.05) is 12.6 Å². The van der Waals surface area contributed by atoms with Crippen LogP contribution in [0.4, 0.5) is 11.4 Å². The fourth-order valence-electron chi connectivity index (χ4n) is 1.41. The van der Waals surface area contributed by atoms with Crippen molar-refractivity contribution < 1.29 is 10.0 Å². The number of nitro benzene ring substituents is 1. The lowest BCUT2D eigenvalue weighted by atomic mass is 9.89. The van der Waals surface area contributed by atoms with E-state index in [-0.39, 0.29) is 23.2 Å². The molecule has 0 aliphatic carbocycles. The summed E-state index contributed by atoms with van der Waals surface area (Å²) in [5.74, 6) is 0. The Morgan fingerprint density at radius 1 is 1.53 bits per heavy atom. The van der Waals surface area contributed by atoms with Crippen LogP contribution in [0.2, 0.25) is 0 Å². The first kappa shape index (κ1) is 14.9. The van der Waals surface area contributed by atoms with Crippen LogP contribution in [0.1, 0.15) is 26.3 Å². The number of nitro groups is 1. The third kappa shape index (κ3) is 3.93. The van der Waals surface area contributed by atoms with E-state index in [0.717, 1.165) is 0 Å². The Morgan fingerprint density at radius 3 is 2.63 bits per heavy atom. The molecule has 1 rings (SSSR count). The molecule has 0 amide bonds. The Balaban J connectivity index is 2.90. The standard InChI is InChI=1S/C13H17N3O3/c1-13(2,3)12(17)8-15-10-5-4-9(7-14)6-11(10)16(18)19/h4-6,12,15,17H,8H2,1-3H3/t12-/m1/s1. The molecule has 6 heteroatoms. The Kier molecular flexibility index (Phi) is 4.46. The molecule has 0 radical (unpaired) electrons. The number of anilines is 1. The largest absolute Gasteiger partial charge is 0.391 e. The second-order valence-corrected chi connectivity index (χ2v) is 5.36. The fraction of sp³-hybridized carbons (Fsp3) is 0.462. The van der Waals surface area contributed by atoms with Crippen molar-refractivity contribution in [1.29, 1.82) is 5.26 Å². The molecule has 2 N–H and O–H groups in total. The van der Waals surface area contributed by atoms with Gasteiger partial charge >= 0.3 is 0 Å². The van der Waals surface area contributed by atoms with Gasteiger partial charge in [-0.2, -0.15) is 5.26 Å². The van der Waals surface area contributed by atoms with Crippen LogP contribution in [-0.4, -0.2) is 22.7 Å². The molecule has 0 heterocycles. The van der Waals surface area contributed by atoms with Gasteiger partial charge in [-0.25, -0.2) is 0 Å². The van der Waals surface area contributed by atoms with E-state index in [1.165, 1.54) is 18.2 Å². The van der Waals surface area contributed by atoms with Crippen molar-refractivity contribution in [3.05, 3.63) is 33.9 Å². The molecule has 0 aliphatic rings. The molecule has 1 aromatic carbocycles. The Labute approximate surface area is 111 Å². The second-order valence-electron chi connectivity index (χ2n) is 5.36. The van der Waals surface area contributed by atoms with Gasteiger partial charge in [0.2, 0.25) is 0 Å². The van der Waals surface area contributed by atoms with Crippen LogP contribution < -0.4 is 5.32 Å². The smallest absolute Gasteiger partial charge is 0.293 e. The first-order valence-electron chi connectivity index (χ1n) is 5.86. The number of nitrogens with zero attached hydrogens (tertiary/aromatic N) is 2. The van der Waals surface area contributed by atoms with Crippen LogP contribution in [0.25, 0.3) is 0 Å². The van der Waals surface area contributed by atoms with Gasteiger partial charge in [-0.1, -0.05) is 20.8 Å². The van der Waals surface area contributed by atoms with Crippen LogP contribution in [0.5, 0.6) is 0 Å². The van der Waals surface area contributed by atoms with Gasteiger partial charge in [-0.3, -0.25) is 10.1 Å². The van der Waals surface area contributed by atoms with Gasteiger partial charge in [0.1, 0.15) is 5.69 Å². The van der Waals surface area contributed by atoms with Crippen LogP contribution >= 0.6 is 0 Å². The van der Waals surface area contributed by atoms with Gasteiger partial charge in [-0.05, 0) is 17.5 Å². The first-order chi connectivity index (χ1) is 8.75. The molecule has 6 nitrogen and oxygen atoms in total. The topological polar surface area (TPSA) is 99.2 Å². The van der Waals surface area contributed by atoms with Gasteiger partial charge in [0.05, 0.1) is 22.7 Å². The summed E-state index contributed by atoms with van der Waals surface area (Å²) in [7, 11) is 0. The molecule has 0 saturated heterocycles. The molecule has 0 spiro atoms. The summed E-state index contributed by atoms with van der Waals surface area (Å²) >= 11 is 0. The lowest BCUT2D eigenvalue weighted by molar-refractivity contribution is -0.384. The van der Waals surface area contributed by atoms with Gasteiger partial charge in [0.15, 0.2) is 0 Å². The minimum atomic E-state index is -0.636. The number of rotatable bonds is 4. The highest BCUT2D eigenvalue weighted by molar-refractivity contribution is 5.64. The van der Waals surface area contributed by atoms with Crippen molar-refractivity contribution in [3.8, 4) is 6.07 Å². The predicted octanol–water partition coefficient (Wildman–Crippen LogP) is 2.29. The third-order valence-corrected chi connectivity index (χ3v) is 2.81.